The van der Waals surface area contributed by atoms with E-state index >= 15 is 0 Å². The second kappa shape index (κ2) is 4.10. The van der Waals surface area contributed by atoms with E-state index in [4.69, 9.17) is 16.0 Å². The second-order valence-corrected chi connectivity index (χ2v) is 4.54. The van der Waals surface area contributed by atoms with E-state index in [9.17, 15) is 0 Å². The van der Waals surface area contributed by atoms with Gasteiger partial charge in [-0.1, -0.05) is 29.8 Å². The number of benzene rings is 1. The third kappa shape index (κ3) is 1.77. The van der Waals surface area contributed by atoms with Gasteiger partial charge in [0.05, 0.1) is 0 Å². The Morgan fingerprint density at radius 2 is 1.89 bits per heavy atom. The number of nitrogens with zero attached hydrogens (tertiary/aromatic N) is 2. The molecule has 0 aliphatic rings. The molecule has 1 aromatic carbocycles. The SMILES string of the molecule is Cc1nc(Cl)c(C)c(-c2cc3ccccc3o2)n1. The second-order valence-electron chi connectivity index (χ2n) is 4.18. The Morgan fingerprint density at radius 1 is 1.11 bits per heavy atom. The largest absolute Gasteiger partial charge is 0.454 e. The van der Waals surface area contributed by atoms with Crippen LogP contribution in [0.25, 0.3) is 22.4 Å². The zero-order valence-electron chi connectivity index (χ0n) is 10.1. The lowest BCUT2D eigenvalue weighted by molar-refractivity contribution is 0.627. The zero-order valence-corrected chi connectivity index (χ0v) is 10.8. The van der Waals surface area contributed by atoms with Crippen LogP contribution in [0.1, 0.15) is 11.4 Å². The lowest BCUT2D eigenvalue weighted by atomic mass is 10.2. The van der Waals surface area contributed by atoms with E-state index in [-0.39, 0.29) is 0 Å². The van der Waals surface area contributed by atoms with Gasteiger partial charge in [-0.2, -0.15) is 0 Å². The Bertz CT molecular complexity index is 701. The van der Waals surface area contributed by atoms with E-state index in [1.54, 1.807) is 0 Å². The maximum absolute atomic E-state index is 6.07. The molecule has 2 heterocycles. The molecule has 0 unspecified atom stereocenters. The smallest absolute Gasteiger partial charge is 0.154 e. The van der Waals surface area contributed by atoms with Crippen LogP contribution >= 0.6 is 11.6 Å². The maximum Gasteiger partial charge on any atom is 0.154 e. The summed E-state index contributed by atoms with van der Waals surface area (Å²) >= 11 is 6.07. The number of furan rings is 1. The molecule has 0 atom stereocenters. The quantitative estimate of drug-likeness (QED) is 0.615. The molecule has 0 saturated heterocycles. The summed E-state index contributed by atoms with van der Waals surface area (Å²) < 4.78 is 5.80. The monoisotopic (exact) mass is 258 g/mol. The van der Waals surface area contributed by atoms with Crippen molar-refractivity contribution < 1.29 is 4.42 Å². The average Bonchev–Trinajstić information content (AvgIpc) is 2.77. The summed E-state index contributed by atoms with van der Waals surface area (Å²) in [4.78, 5) is 8.54. The van der Waals surface area contributed by atoms with E-state index in [1.165, 1.54) is 0 Å². The number of hydrogen-bond acceptors (Lipinski definition) is 3. The van der Waals surface area contributed by atoms with Crippen LogP contribution in [-0.4, -0.2) is 9.97 Å². The van der Waals surface area contributed by atoms with Crippen molar-refractivity contribution >= 4 is 22.6 Å². The minimum absolute atomic E-state index is 0.470. The average molecular weight is 259 g/mol. The highest BCUT2D eigenvalue weighted by molar-refractivity contribution is 6.30. The Balaban J connectivity index is 2.26. The van der Waals surface area contributed by atoms with E-state index in [0.717, 1.165) is 28.0 Å². The first-order valence-electron chi connectivity index (χ1n) is 5.65. The summed E-state index contributed by atoms with van der Waals surface area (Å²) in [7, 11) is 0. The predicted molar refractivity (Wildman–Crippen MR) is 71.7 cm³/mol. The molecule has 0 saturated carbocycles. The zero-order chi connectivity index (χ0) is 12.7. The lowest BCUT2D eigenvalue weighted by Crippen LogP contribution is -1.95. The fourth-order valence-corrected chi connectivity index (χ4v) is 2.14. The van der Waals surface area contributed by atoms with Crippen molar-refractivity contribution in [3.63, 3.8) is 0 Å². The maximum atomic E-state index is 6.07. The van der Waals surface area contributed by atoms with Gasteiger partial charge in [0.1, 0.15) is 22.3 Å². The molecule has 0 spiro atoms. The molecule has 0 bridgehead atoms. The van der Waals surface area contributed by atoms with E-state index < -0.39 is 0 Å². The van der Waals surface area contributed by atoms with Gasteiger partial charge in [0.2, 0.25) is 0 Å². The first-order valence-corrected chi connectivity index (χ1v) is 6.02. The van der Waals surface area contributed by atoms with Gasteiger partial charge in [-0.15, -0.1) is 0 Å². The molecule has 2 aromatic heterocycles. The van der Waals surface area contributed by atoms with Gasteiger partial charge in [0.15, 0.2) is 5.76 Å². The standard InChI is InChI=1S/C14H11ClN2O/c1-8-13(16-9(2)17-14(8)15)12-7-10-5-3-4-6-11(10)18-12/h3-7H,1-2H3. The van der Waals surface area contributed by atoms with Crippen LogP contribution in [-0.2, 0) is 0 Å². The molecule has 3 nitrogen and oxygen atoms in total. The van der Waals surface area contributed by atoms with Crippen molar-refractivity contribution in [1.82, 2.24) is 9.97 Å². The van der Waals surface area contributed by atoms with Crippen molar-refractivity contribution in [3.8, 4) is 11.5 Å². The number of aryl methyl sites for hydroxylation is 1. The minimum atomic E-state index is 0.470. The summed E-state index contributed by atoms with van der Waals surface area (Å²) in [5.41, 5.74) is 2.43. The fourth-order valence-electron chi connectivity index (χ4n) is 1.93. The number of rotatable bonds is 1. The molecule has 3 rings (SSSR count). The van der Waals surface area contributed by atoms with Gasteiger partial charge in [-0.3, -0.25) is 0 Å². The molecule has 3 aromatic rings. The number of halogens is 1. The number of fused-ring (bicyclic) bond motifs is 1. The van der Waals surface area contributed by atoms with Gasteiger partial charge in [0, 0.05) is 10.9 Å². The molecular weight excluding hydrogens is 248 g/mol. The van der Waals surface area contributed by atoms with Gasteiger partial charge in [-0.25, -0.2) is 9.97 Å². The lowest BCUT2D eigenvalue weighted by Gasteiger charge is -2.04. The summed E-state index contributed by atoms with van der Waals surface area (Å²) in [5, 5.41) is 1.53. The van der Waals surface area contributed by atoms with Crippen molar-refractivity contribution in [2.24, 2.45) is 0 Å². The molecular formula is C14H11ClN2O. The molecule has 0 N–H and O–H groups in total. The van der Waals surface area contributed by atoms with Crippen LogP contribution in [0.3, 0.4) is 0 Å². The normalized spacial score (nSPS) is 11.1. The van der Waals surface area contributed by atoms with Crippen LogP contribution in [0.5, 0.6) is 0 Å². The number of hydrogen-bond donors (Lipinski definition) is 0. The Labute approximate surface area is 109 Å². The predicted octanol–water partition coefficient (Wildman–Crippen LogP) is 4.16. The Hall–Kier alpha value is -1.87. The number of aromatic nitrogens is 2. The minimum Gasteiger partial charge on any atom is -0.454 e. The summed E-state index contributed by atoms with van der Waals surface area (Å²) in [6, 6.07) is 9.84. The highest BCUT2D eigenvalue weighted by Crippen LogP contribution is 2.30. The first kappa shape index (κ1) is 11.2. The third-order valence-corrected chi connectivity index (χ3v) is 3.23. The van der Waals surface area contributed by atoms with Crippen LogP contribution in [0.2, 0.25) is 5.15 Å². The van der Waals surface area contributed by atoms with Gasteiger partial charge >= 0.3 is 0 Å². The van der Waals surface area contributed by atoms with Gasteiger partial charge in [-0.05, 0) is 26.0 Å². The summed E-state index contributed by atoms with van der Waals surface area (Å²) in [6.07, 6.45) is 0. The van der Waals surface area contributed by atoms with Gasteiger partial charge < -0.3 is 4.42 Å². The fraction of sp³-hybridized carbons (Fsp3) is 0.143. The van der Waals surface area contributed by atoms with Crippen molar-refractivity contribution in [2.45, 2.75) is 13.8 Å². The van der Waals surface area contributed by atoms with Crippen molar-refractivity contribution in [2.75, 3.05) is 0 Å². The van der Waals surface area contributed by atoms with Crippen LogP contribution in [0, 0.1) is 13.8 Å². The molecule has 4 heteroatoms. The molecule has 0 aliphatic heterocycles. The van der Waals surface area contributed by atoms with Crippen LogP contribution in [0.4, 0.5) is 0 Å². The topological polar surface area (TPSA) is 38.9 Å². The van der Waals surface area contributed by atoms with Crippen molar-refractivity contribution in [1.29, 1.82) is 0 Å². The third-order valence-electron chi connectivity index (χ3n) is 2.86. The summed E-state index contributed by atoms with van der Waals surface area (Å²) in [6.45, 7) is 3.71. The van der Waals surface area contributed by atoms with Crippen LogP contribution in [0.15, 0.2) is 34.7 Å². The van der Waals surface area contributed by atoms with E-state index in [2.05, 4.69) is 9.97 Å². The summed E-state index contributed by atoms with van der Waals surface area (Å²) in [5.74, 6) is 1.36. The van der Waals surface area contributed by atoms with E-state index in [0.29, 0.717) is 11.0 Å². The molecule has 18 heavy (non-hydrogen) atoms. The Morgan fingerprint density at radius 3 is 2.67 bits per heavy atom. The van der Waals surface area contributed by atoms with E-state index in [1.807, 2.05) is 44.2 Å². The number of para-hydroxylation sites is 1. The molecule has 0 amide bonds. The van der Waals surface area contributed by atoms with Crippen molar-refractivity contribution in [3.05, 3.63) is 46.9 Å². The highest BCUT2D eigenvalue weighted by Gasteiger charge is 2.13. The molecule has 0 aliphatic carbocycles. The van der Waals surface area contributed by atoms with Crippen LogP contribution < -0.4 is 0 Å². The first-order chi connectivity index (χ1) is 8.65. The molecule has 90 valence electrons. The molecule has 0 radical (unpaired) electrons. The highest BCUT2D eigenvalue weighted by atomic mass is 35.5. The Kier molecular flexibility index (Phi) is 2.56. The molecule has 0 fully saturated rings. The van der Waals surface area contributed by atoms with Gasteiger partial charge in [0.25, 0.3) is 0 Å².